The zero-order valence-electron chi connectivity index (χ0n) is 16.7. The van der Waals surface area contributed by atoms with Crippen molar-refractivity contribution in [3.05, 3.63) is 65.5 Å². The summed E-state index contributed by atoms with van der Waals surface area (Å²) in [5.41, 5.74) is 3.34. The molecule has 0 saturated heterocycles. The number of methoxy groups -OCH3 is 1. The standard InChI is InChI=1S/C22H24N4O2S/c1-16-23-24-22(26(16)14-17-7-4-3-5-8-17)29-15-21(27)25-12-6-9-18-13-19(28-2)10-11-20(18)25/h3-5,7-8,10-11,13H,6,9,12,14-15H2,1-2H3. The molecule has 7 heteroatoms. The van der Waals surface area contributed by atoms with Crippen LogP contribution >= 0.6 is 11.8 Å². The lowest BCUT2D eigenvalue weighted by atomic mass is 10.0. The molecule has 29 heavy (non-hydrogen) atoms. The Hall–Kier alpha value is -2.80. The highest BCUT2D eigenvalue weighted by molar-refractivity contribution is 7.99. The van der Waals surface area contributed by atoms with Crippen molar-refractivity contribution >= 4 is 23.4 Å². The molecule has 0 N–H and O–H groups in total. The van der Waals surface area contributed by atoms with Crippen molar-refractivity contribution in [3.63, 3.8) is 0 Å². The van der Waals surface area contributed by atoms with Crippen molar-refractivity contribution in [1.29, 1.82) is 0 Å². The molecule has 6 nitrogen and oxygen atoms in total. The molecule has 0 radical (unpaired) electrons. The smallest absolute Gasteiger partial charge is 0.237 e. The van der Waals surface area contributed by atoms with Crippen LogP contribution in [0.3, 0.4) is 0 Å². The number of benzene rings is 2. The van der Waals surface area contributed by atoms with Crippen molar-refractivity contribution in [2.45, 2.75) is 31.5 Å². The Balaban J connectivity index is 1.46. The van der Waals surface area contributed by atoms with Gasteiger partial charge in [0, 0.05) is 12.2 Å². The van der Waals surface area contributed by atoms with Gasteiger partial charge in [0.2, 0.25) is 5.91 Å². The lowest BCUT2D eigenvalue weighted by Gasteiger charge is -2.29. The van der Waals surface area contributed by atoms with Gasteiger partial charge < -0.3 is 14.2 Å². The minimum atomic E-state index is 0.0908. The lowest BCUT2D eigenvalue weighted by molar-refractivity contribution is -0.116. The van der Waals surface area contributed by atoms with Crippen LogP contribution in [-0.4, -0.2) is 40.1 Å². The van der Waals surface area contributed by atoms with Crippen LogP contribution in [0.25, 0.3) is 0 Å². The van der Waals surface area contributed by atoms with Gasteiger partial charge in [-0.1, -0.05) is 42.1 Å². The van der Waals surface area contributed by atoms with Crippen LogP contribution in [0.4, 0.5) is 5.69 Å². The number of rotatable bonds is 6. The van der Waals surface area contributed by atoms with Gasteiger partial charge in [0.25, 0.3) is 0 Å². The van der Waals surface area contributed by atoms with E-state index in [4.69, 9.17) is 4.74 Å². The zero-order valence-corrected chi connectivity index (χ0v) is 17.5. The largest absolute Gasteiger partial charge is 0.497 e. The van der Waals surface area contributed by atoms with E-state index < -0.39 is 0 Å². The molecule has 1 amide bonds. The van der Waals surface area contributed by atoms with Crippen molar-refractivity contribution in [2.75, 3.05) is 24.3 Å². The number of anilines is 1. The first-order valence-corrected chi connectivity index (χ1v) is 10.7. The monoisotopic (exact) mass is 408 g/mol. The summed E-state index contributed by atoms with van der Waals surface area (Å²) in [4.78, 5) is 14.9. The van der Waals surface area contributed by atoms with Gasteiger partial charge in [-0.25, -0.2) is 0 Å². The first kappa shape index (κ1) is 19.5. The highest BCUT2D eigenvalue weighted by atomic mass is 32.2. The Morgan fingerprint density at radius 1 is 1.17 bits per heavy atom. The van der Waals surface area contributed by atoms with E-state index in [-0.39, 0.29) is 5.91 Å². The fraction of sp³-hybridized carbons (Fsp3) is 0.318. The molecular formula is C22H24N4O2S. The summed E-state index contributed by atoms with van der Waals surface area (Å²) in [6.45, 7) is 3.38. The molecule has 4 rings (SSSR count). The average Bonchev–Trinajstić information content (AvgIpc) is 3.11. The third kappa shape index (κ3) is 4.29. The van der Waals surface area contributed by atoms with Gasteiger partial charge in [-0.15, -0.1) is 10.2 Å². The van der Waals surface area contributed by atoms with Crippen LogP contribution in [0.1, 0.15) is 23.4 Å². The Morgan fingerprint density at radius 2 is 2.00 bits per heavy atom. The molecule has 3 aromatic rings. The topological polar surface area (TPSA) is 60.2 Å². The second kappa shape index (κ2) is 8.69. The van der Waals surface area contributed by atoms with Crippen molar-refractivity contribution in [2.24, 2.45) is 0 Å². The second-order valence-corrected chi connectivity index (χ2v) is 7.98. The van der Waals surface area contributed by atoms with Gasteiger partial charge in [-0.05, 0) is 49.1 Å². The van der Waals surface area contributed by atoms with E-state index >= 15 is 0 Å². The number of carbonyl (C=O) groups excluding carboxylic acids is 1. The molecule has 0 saturated carbocycles. The van der Waals surface area contributed by atoms with E-state index in [1.807, 2.05) is 48.2 Å². The number of amides is 1. The lowest BCUT2D eigenvalue weighted by Crippen LogP contribution is -2.36. The number of aryl methyl sites for hydroxylation is 2. The van der Waals surface area contributed by atoms with Crippen LogP contribution in [-0.2, 0) is 17.8 Å². The first-order valence-electron chi connectivity index (χ1n) is 9.69. The molecule has 1 aromatic heterocycles. The van der Waals surface area contributed by atoms with Gasteiger partial charge in [-0.2, -0.15) is 0 Å². The molecule has 0 aliphatic carbocycles. The Morgan fingerprint density at radius 3 is 2.79 bits per heavy atom. The number of hydrogen-bond acceptors (Lipinski definition) is 5. The number of nitrogens with zero attached hydrogens (tertiary/aromatic N) is 4. The maximum atomic E-state index is 13.0. The van der Waals surface area contributed by atoms with Crippen molar-refractivity contribution in [3.8, 4) is 5.75 Å². The summed E-state index contributed by atoms with van der Waals surface area (Å²) < 4.78 is 7.38. The van der Waals surface area contributed by atoms with Gasteiger partial charge in [0.05, 0.1) is 19.4 Å². The minimum Gasteiger partial charge on any atom is -0.497 e. The SMILES string of the molecule is COc1ccc2c(c1)CCCN2C(=O)CSc1nnc(C)n1Cc1ccccc1. The summed E-state index contributed by atoms with van der Waals surface area (Å²) in [5, 5.41) is 9.27. The van der Waals surface area contributed by atoms with Crippen LogP contribution in [0.5, 0.6) is 5.75 Å². The molecule has 0 fully saturated rings. The van der Waals surface area contributed by atoms with Gasteiger partial charge in [-0.3, -0.25) is 4.79 Å². The number of fused-ring (bicyclic) bond motifs is 1. The predicted molar refractivity (Wildman–Crippen MR) is 115 cm³/mol. The van der Waals surface area contributed by atoms with Gasteiger partial charge in [0.1, 0.15) is 11.6 Å². The maximum Gasteiger partial charge on any atom is 0.237 e. The second-order valence-electron chi connectivity index (χ2n) is 7.03. The molecule has 1 aliphatic heterocycles. The highest BCUT2D eigenvalue weighted by Gasteiger charge is 2.23. The summed E-state index contributed by atoms with van der Waals surface area (Å²) in [6, 6.07) is 16.1. The summed E-state index contributed by atoms with van der Waals surface area (Å²) in [7, 11) is 1.66. The average molecular weight is 409 g/mol. The molecular weight excluding hydrogens is 384 g/mol. The normalized spacial score (nSPS) is 13.2. The van der Waals surface area contributed by atoms with Gasteiger partial charge in [0.15, 0.2) is 5.16 Å². The maximum absolute atomic E-state index is 13.0. The summed E-state index contributed by atoms with van der Waals surface area (Å²) >= 11 is 1.44. The molecule has 0 unspecified atom stereocenters. The zero-order chi connectivity index (χ0) is 20.2. The Labute approximate surface area is 174 Å². The highest BCUT2D eigenvalue weighted by Crippen LogP contribution is 2.31. The fourth-order valence-electron chi connectivity index (χ4n) is 3.58. The van der Waals surface area contributed by atoms with E-state index in [9.17, 15) is 4.79 Å². The third-order valence-electron chi connectivity index (χ3n) is 5.12. The van der Waals surface area contributed by atoms with Crippen molar-refractivity contribution in [1.82, 2.24) is 14.8 Å². The Kier molecular flexibility index (Phi) is 5.85. The Bertz CT molecular complexity index is 1000. The van der Waals surface area contributed by atoms with E-state index in [1.54, 1.807) is 7.11 Å². The summed E-state index contributed by atoms with van der Waals surface area (Å²) in [6.07, 6.45) is 1.92. The number of aromatic nitrogens is 3. The fourth-order valence-corrected chi connectivity index (χ4v) is 4.44. The third-order valence-corrected chi connectivity index (χ3v) is 6.07. The van der Waals surface area contributed by atoms with E-state index in [1.165, 1.54) is 17.3 Å². The van der Waals surface area contributed by atoms with E-state index in [2.05, 4.69) is 26.9 Å². The molecule has 0 spiro atoms. The molecule has 2 heterocycles. The predicted octanol–water partition coefficient (Wildman–Crippen LogP) is 3.71. The van der Waals surface area contributed by atoms with Crippen LogP contribution in [0.2, 0.25) is 0 Å². The minimum absolute atomic E-state index is 0.0908. The molecule has 0 bridgehead atoms. The van der Waals surface area contributed by atoms with Crippen LogP contribution in [0, 0.1) is 6.92 Å². The first-order chi connectivity index (χ1) is 14.2. The number of carbonyl (C=O) groups is 1. The number of hydrogen-bond donors (Lipinski definition) is 0. The molecule has 150 valence electrons. The van der Waals surface area contributed by atoms with Crippen LogP contribution in [0.15, 0.2) is 53.7 Å². The van der Waals surface area contributed by atoms with Crippen molar-refractivity contribution < 1.29 is 9.53 Å². The molecule has 0 atom stereocenters. The number of thioether (sulfide) groups is 1. The van der Waals surface area contributed by atoms with E-state index in [0.29, 0.717) is 12.3 Å². The quantitative estimate of drug-likeness (QED) is 0.582. The van der Waals surface area contributed by atoms with Gasteiger partial charge >= 0.3 is 0 Å². The van der Waals surface area contributed by atoms with E-state index in [0.717, 1.165) is 47.4 Å². The van der Waals surface area contributed by atoms with Crippen LogP contribution < -0.4 is 9.64 Å². The molecule has 2 aromatic carbocycles. The summed E-state index contributed by atoms with van der Waals surface area (Å²) in [5.74, 6) is 2.10. The molecule has 1 aliphatic rings. The number of ether oxygens (including phenoxy) is 1.